The van der Waals surface area contributed by atoms with E-state index in [-0.39, 0.29) is 11.3 Å². The summed E-state index contributed by atoms with van der Waals surface area (Å²) >= 11 is 1.66. The highest BCUT2D eigenvalue weighted by molar-refractivity contribution is 7.97. The molecule has 0 bridgehead atoms. The first kappa shape index (κ1) is 15.9. The number of rotatable bonds is 2. The van der Waals surface area contributed by atoms with Gasteiger partial charge in [-0.3, -0.25) is 4.79 Å². The summed E-state index contributed by atoms with van der Waals surface area (Å²) in [5.74, 6) is 0.221. The third-order valence-corrected chi connectivity index (χ3v) is 4.45. The van der Waals surface area contributed by atoms with Gasteiger partial charge in [-0.1, -0.05) is 26.8 Å². The number of nitriles is 1. The van der Waals surface area contributed by atoms with Gasteiger partial charge < -0.3 is 4.90 Å². The number of nitrogens with zero attached hydrogens (tertiary/aromatic N) is 3. The fourth-order valence-corrected chi connectivity index (χ4v) is 3.19. The number of benzene rings is 1. The number of amides is 1. The quantitative estimate of drug-likeness (QED) is 0.788. The first-order valence-corrected chi connectivity index (χ1v) is 7.90. The normalized spacial score (nSPS) is 16.6. The minimum atomic E-state index is -0.309. The number of carbonyl (C=O) groups is 1. The molecule has 2 rings (SSSR count). The highest BCUT2D eigenvalue weighted by Crippen LogP contribution is 2.26. The summed E-state index contributed by atoms with van der Waals surface area (Å²) in [6, 6.07) is 9.78. The second-order valence-electron chi connectivity index (χ2n) is 6.20. The van der Waals surface area contributed by atoms with Crippen molar-refractivity contribution >= 4 is 17.9 Å². The molecule has 0 aliphatic carbocycles. The number of piperazine rings is 1. The Kier molecular flexibility index (Phi) is 4.92. The summed E-state index contributed by atoms with van der Waals surface area (Å²) < 4.78 is 2.25. The van der Waals surface area contributed by atoms with Crippen LogP contribution in [0.2, 0.25) is 0 Å². The molecule has 1 amide bonds. The molecule has 112 valence electrons. The summed E-state index contributed by atoms with van der Waals surface area (Å²) in [4.78, 5) is 15.3. The highest BCUT2D eigenvalue weighted by Gasteiger charge is 2.29. The van der Waals surface area contributed by atoms with Gasteiger partial charge in [0.25, 0.3) is 0 Å². The van der Waals surface area contributed by atoms with Gasteiger partial charge in [0.2, 0.25) is 5.91 Å². The van der Waals surface area contributed by atoms with Crippen LogP contribution in [0.4, 0.5) is 0 Å². The van der Waals surface area contributed by atoms with Crippen molar-refractivity contribution in [3.63, 3.8) is 0 Å². The largest absolute Gasteiger partial charge is 0.340 e. The van der Waals surface area contributed by atoms with Crippen molar-refractivity contribution in [2.75, 3.05) is 26.2 Å². The van der Waals surface area contributed by atoms with Crippen molar-refractivity contribution < 1.29 is 4.79 Å². The van der Waals surface area contributed by atoms with Gasteiger partial charge in [-0.15, -0.1) is 0 Å². The average molecular weight is 303 g/mol. The van der Waals surface area contributed by atoms with Gasteiger partial charge in [-0.05, 0) is 30.1 Å². The molecule has 1 heterocycles. The molecule has 0 N–H and O–H groups in total. The Bertz CT molecular complexity index is 551. The van der Waals surface area contributed by atoms with Gasteiger partial charge in [0.15, 0.2) is 0 Å². The van der Waals surface area contributed by atoms with Crippen molar-refractivity contribution in [1.82, 2.24) is 9.21 Å². The molecule has 5 heteroatoms. The topological polar surface area (TPSA) is 47.3 Å². The third-order valence-electron chi connectivity index (χ3n) is 3.37. The minimum absolute atomic E-state index is 0.221. The molecule has 1 saturated heterocycles. The Labute approximate surface area is 130 Å². The van der Waals surface area contributed by atoms with E-state index in [1.807, 2.05) is 49.9 Å². The van der Waals surface area contributed by atoms with Crippen molar-refractivity contribution in [2.45, 2.75) is 25.7 Å². The Morgan fingerprint density at radius 3 is 2.48 bits per heavy atom. The Morgan fingerprint density at radius 2 is 1.90 bits per heavy atom. The van der Waals surface area contributed by atoms with E-state index in [9.17, 15) is 4.79 Å². The fraction of sp³-hybridized carbons (Fsp3) is 0.500. The van der Waals surface area contributed by atoms with E-state index < -0.39 is 0 Å². The second-order valence-corrected chi connectivity index (χ2v) is 7.37. The molecule has 0 saturated carbocycles. The molecule has 1 aromatic carbocycles. The monoisotopic (exact) mass is 303 g/mol. The summed E-state index contributed by atoms with van der Waals surface area (Å²) in [6.07, 6.45) is 0. The zero-order valence-electron chi connectivity index (χ0n) is 12.8. The molecule has 4 nitrogen and oxygen atoms in total. The van der Waals surface area contributed by atoms with Crippen molar-refractivity contribution in [3.05, 3.63) is 29.8 Å². The number of hydrogen-bond donors (Lipinski definition) is 0. The van der Waals surface area contributed by atoms with Crippen LogP contribution >= 0.6 is 11.9 Å². The van der Waals surface area contributed by atoms with Crippen molar-refractivity contribution in [1.29, 1.82) is 5.26 Å². The first-order chi connectivity index (χ1) is 9.90. The minimum Gasteiger partial charge on any atom is -0.340 e. The highest BCUT2D eigenvalue weighted by atomic mass is 32.2. The van der Waals surface area contributed by atoms with E-state index in [1.165, 1.54) is 0 Å². The molecule has 1 aromatic rings. The molecular formula is C16H21N3OS. The van der Waals surface area contributed by atoms with Crippen molar-refractivity contribution in [2.24, 2.45) is 5.41 Å². The first-order valence-electron chi connectivity index (χ1n) is 7.12. The number of carbonyl (C=O) groups excluding carboxylic acids is 1. The molecule has 1 aliphatic heterocycles. The molecule has 0 unspecified atom stereocenters. The van der Waals surface area contributed by atoms with Crippen LogP contribution in [0.15, 0.2) is 29.2 Å². The van der Waals surface area contributed by atoms with Crippen molar-refractivity contribution in [3.8, 4) is 6.07 Å². The van der Waals surface area contributed by atoms with Crippen LogP contribution in [0.3, 0.4) is 0 Å². The smallest absolute Gasteiger partial charge is 0.228 e. The summed E-state index contributed by atoms with van der Waals surface area (Å²) in [6.45, 7) is 9.12. The molecule has 0 radical (unpaired) electrons. The molecule has 1 aliphatic rings. The molecule has 0 atom stereocenters. The molecular weight excluding hydrogens is 282 g/mol. The van der Waals surface area contributed by atoms with Crippen LogP contribution in [-0.4, -0.2) is 41.3 Å². The molecule has 0 aromatic heterocycles. The van der Waals surface area contributed by atoms with E-state index in [2.05, 4.69) is 10.4 Å². The third kappa shape index (κ3) is 4.23. The van der Waals surface area contributed by atoms with E-state index >= 15 is 0 Å². The lowest BCUT2D eigenvalue weighted by molar-refractivity contribution is -0.140. The van der Waals surface area contributed by atoms with Crippen LogP contribution in [0.1, 0.15) is 26.3 Å². The van der Waals surface area contributed by atoms with Crippen LogP contribution in [0.25, 0.3) is 0 Å². The van der Waals surface area contributed by atoms with Crippen LogP contribution < -0.4 is 0 Å². The van der Waals surface area contributed by atoms with E-state index in [0.29, 0.717) is 5.56 Å². The Balaban J connectivity index is 1.90. The molecule has 0 spiro atoms. The van der Waals surface area contributed by atoms with Gasteiger partial charge in [-0.25, -0.2) is 4.31 Å². The van der Waals surface area contributed by atoms with E-state index in [0.717, 1.165) is 31.1 Å². The maximum absolute atomic E-state index is 12.2. The lowest BCUT2D eigenvalue weighted by Gasteiger charge is -2.37. The van der Waals surface area contributed by atoms with Gasteiger partial charge in [-0.2, -0.15) is 5.26 Å². The lowest BCUT2D eigenvalue weighted by Crippen LogP contribution is -2.49. The molecule has 1 fully saturated rings. The fourth-order valence-electron chi connectivity index (χ4n) is 2.23. The maximum Gasteiger partial charge on any atom is 0.228 e. The summed E-state index contributed by atoms with van der Waals surface area (Å²) in [7, 11) is 0. The average Bonchev–Trinajstić information content (AvgIpc) is 2.46. The zero-order chi connectivity index (χ0) is 15.5. The van der Waals surface area contributed by atoms with E-state index in [1.54, 1.807) is 11.9 Å². The summed E-state index contributed by atoms with van der Waals surface area (Å²) in [5, 5.41) is 8.92. The number of hydrogen-bond acceptors (Lipinski definition) is 4. The van der Waals surface area contributed by atoms with Crippen LogP contribution in [0.5, 0.6) is 0 Å². The van der Waals surface area contributed by atoms with Gasteiger partial charge >= 0.3 is 0 Å². The Morgan fingerprint density at radius 1 is 1.24 bits per heavy atom. The van der Waals surface area contributed by atoms with Gasteiger partial charge in [0, 0.05) is 36.5 Å². The van der Waals surface area contributed by atoms with Crippen LogP contribution in [0, 0.1) is 16.7 Å². The van der Waals surface area contributed by atoms with E-state index in [4.69, 9.17) is 5.26 Å². The Hall–Kier alpha value is -1.51. The predicted octanol–water partition coefficient (Wildman–Crippen LogP) is 2.76. The van der Waals surface area contributed by atoms with Gasteiger partial charge in [0.05, 0.1) is 11.6 Å². The molecule has 21 heavy (non-hydrogen) atoms. The van der Waals surface area contributed by atoms with Gasteiger partial charge in [0.1, 0.15) is 0 Å². The zero-order valence-corrected chi connectivity index (χ0v) is 13.6. The predicted molar refractivity (Wildman–Crippen MR) is 84.6 cm³/mol. The van der Waals surface area contributed by atoms with Crippen LogP contribution in [-0.2, 0) is 4.79 Å². The standard InChI is InChI=1S/C16H21N3OS/c1-16(2,3)15(20)18-7-9-19(10-8-18)21-14-6-4-5-13(11-14)12-17/h4-6,11H,7-10H2,1-3H3. The maximum atomic E-state index is 12.2. The summed E-state index contributed by atoms with van der Waals surface area (Å²) in [5.41, 5.74) is 0.373. The lowest BCUT2D eigenvalue weighted by atomic mass is 9.94. The second kappa shape index (κ2) is 6.50. The SMILES string of the molecule is CC(C)(C)C(=O)N1CCN(Sc2cccc(C#N)c2)CC1.